The summed E-state index contributed by atoms with van der Waals surface area (Å²) in [6.45, 7) is 0.447. The van der Waals surface area contributed by atoms with E-state index in [-0.39, 0.29) is 13.0 Å². The van der Waals surface area contributed by atoms with E-state index in [0.29, 0.717) is 13.0 Å². The highest BCUT2D eigenvalue weighted by Gasteiger charge is 2.41. The standard InChI is InChI=1S/C6H10F3N/c7-5(8)6(9)2-1-3-10-4-6/h5,10H,1-4H2/t6-/m0/s1. The molecule has 0 radical (unpaired) electrons. The van der Waals surface area contributed by atoms with Crippen LogP contribution in [0.5, 0.6) is 0 Å². The van der Waals surface area contributed by atoms with Gasteiger partial charge in [0.25, 0.3) is 6.43 Å². The minimum Gasteiger partial charge on any atom is -0.313 e. The molecule has 60 valence electrons. The third kappa shape index (κ3) is 1.42. The highest BCUT2D eigenvalue weighted by Crippen LogP contribution is 2.27. The van der Waals surface area contributed by atoms with Crippen molar-refractivity contribution in [2.45, 2.75) is 24.9 Å². The maximum absolute atomic E-state index is 12.9. The lowest BCUT2D eigenvalue weighted by atomic mass is 9.97. The molecule has 0 unspecified atom stereocenters. The summed E-state index contributed by atoms with van der Waals surface area (Å²) < 4.78 is 36.7. The molecule has 0 saturated carbocycles. The van der Waals surface area contributed by atoms with E-state index in [4.69, 9.17) is 0 Å². The van der Waals surface area contributed by atoms with Crippen molar-refractivity contribution < 1.29 is 13.2 Å². The number of alkyl halides is 3. The van der Waals surface area contributed by atoms with Crippen LogP contribution in [0.25, 0.3) is 0 Å². The zero-order valence-corrected chi connectivity index (χ0v) is 5.54. The summed E-state index contributed by atoms with van der Waals surface area (Å²) in [5.74, 6) is 0. The molecule has 10 heavy (non-hydrogen) atoms. The molecule has 1 heterocycles. The molecule has 0 aromatic rings. The van der Waals surface area contributed by atoms with E-state index in [9.17, 15) is 13.2 Å². The lowest BCUT2D eigenvalue weighted by Gasteiger charge is -2.28. The van der Waals surface area contributed by atoms with Gasteiger partial charge in [-0.25, -0.2) is 13.2 Å². The van der Waals surface area contributed by atoms with Crippen molar-refractivity contribution in [2.75, 3.05) is 13.1 Å². The highest BCUT2D eigenvalue weighted by atomic mass is 19.3. The van der Waals surface area contributed by atoms with Gasteiger partial charge in [-0.3, -0.25) is 0 Å². The van der Waals surface area contributed by atoms with Gasteiger partial charge in [0.15, 0.2) is 5.67 Å². The number of hydrogen-bond acceptors (Lipinski definition) is 1. The Bertz CT molecular complexity index is 110. The van der Waals surface area contributed by atoms with Gasteiger partial charge in [0.2, 0.25) is 0 Å². The van der Waals surface area contributed by atoms with Crippen molar-refractivity contribution in [2.24, 2.45) is 0 Å². The van der Waals surface area contributed by atoms with Gasteiger partial charge >= 0.3 is 0 Å². The van der Waals surface area contributed by atoms with Gasteiger partial charge in [0.1, 0.15) is 0 Å². The van der Waals surface area contributed by atoms with E-state index >= 15 is 0 Å². The summed E-state index contributed by atoms with van der Waals surface area (Å²) in [7, 11) is 0. The summed E-state index contributed by atoms with van der Waals surface area (Å²) in [5, 5.41) is 2.60. The number of piperidine rings is 1. The molecule has 1 aliphatic heterocycles. The SMILES string of the molecule is FC(F)[C@]1(F)CCCNC1. The molecular formula is C6H10F3N. The van der Waals surface area contributed by atoms with Crippen LogP contribution in [-0.2, 0) is 0 Å². The molecule has 1 N–H and O–H groups in total. The first kappa shape index (κ1) is 7.85. The van der Waals surface area contributed by atoms with Crippen molar-refractivity contribution in [1.29, 1.82) is 0 Å². The van der Waals surface area contributed by atoms with Gasteiger partial charge in [-0.1, -0.05) is 0 Å². The minimum atomic E-state index is -2.85. The van der Waals surface area contributed by atoms with Gasteiger partial charge in [-0.15, -0.1) is 0 Å². The second-order valence-electron chi connectivity index (χ2n) is 2.62. The van der Waals surface area contributed by atoms with E-state index in [1.807, 2.05) is 0 Å². The first-order valence-electron chi connectivity index (χ1n) is 3.33. The lowest BCUT2D eigenvalue weighted by molar-refractivity contribution is -0.0481. The zero-order chi connectivity index (χ0) is 7.61. The first-order chi connectivity index (χ1) is 4.65. The number of rotatable bonds is 1. The van der Waals surface area contributed by atoms with Crippen molar-refractivity contribution in [3.05, 3.63) is 0 Å². The number of halogens is 3. The topological polar surface area (TPSA) is 12.0 Å². The van der Waals surface area contributed by atoms with Crippen molar-refractivity contribution in [3.8, 4) is 0 Å². The second kappa shape index (κ2) is 2.78. The maximum atomic E-state index is 12.9. The lowest BCUT2D eigenvalue weighted by Crippen LogP contribution is -2.47. The summed E-state index contributed by atoms with van der Waals surface area (Å²) in [4.78, 5) is 0. The second-order valence-corrected chi connectivity index (χ2v) is 2.62. The molecule has 1 fully saturated rings. The largest absolute Gasteiger partial charge is 0.313 e. The molecular weight excluding hydrogens is 143 g/mol. The molecule has 1 saturated heterocycles. The Morgan fingerprint density at radius 1 is 1.40 bits per heavy atom. The molecule has 0 bridgehead atoms. The Kier molecular flexibility index (Phi) is 2.18. The smallest absolute Gasteiger partial charge is 0.273 e. The average molecular weight is 153 g/mol. The van der Waals surface area contributed by atoms with E-state index in [1.165, 1.54) is 0 Å². The fourth-order valence-electron chi connectivity index (χ4n) is 1.08. The Morgan fingerprint density at radius 2 is 2.10 bits per heavy atom. The van der Waals surface area contributed by atoms with Gasteiger partial charge in [-0.05, 0) is 19.4 Å². The number of nitrogens with one attached hydrogen (secondary N) is 1. The molecule has 1 nitrogen and oxygen atoms in total. The van der Waals surface area contributed by atoms with Gasteiger partial charge in [0, 0.05) is 6.54 Å². The van der Waals surface area contributed by atoms with Gasteiger partial charge in [-0.2, -0.15) is 0 Å². The molecule has 0 aromatic heterocycles. The Hall–Kier alpha value is -0.250. The van der Waals surface area contributed by atoms with Crippen molar-refractivity contribution >= 4 is 0 Å². The fraction of sp³-hybridized carbons (Fsp3) is 1.00. The van der Waals surface area contributed by atoms with Crippen LogP contribution < -0.4 is 5.32 Å². The van der Waals surface area contributed by atoms with Crippen LogP contribution in [0.4, 0.5) is 13.2 Å². The third-order valence-electron chi connectivity index (χ3n) is 1.76. The fourth-order valence-corrected chi connectivity index (χ4v) is 1.08. The quantitative estimate of drug-likeness (QED) is 0.599. The first-order valence-corrected chi connectivity index (χ1v) is 3.33. The molecule has 1 atom stereocenters. The van der Waals surface area contributed by atoms with Crippen LogP contribution in [-0.4, -0.2) is 25.2 Å². The van der Waals surface area contributed by atoms with Crippen molar-refractivity contribution in [1.82, 2.24) is 5.32 Å². The molecule has 0 amide bonds. The molecule has 0 spiro atoms. The van der Waals surface area contributed by atoms with Crippen molar-refractivity contribution in [3.63, 3.8) is 0 Å². The minimum absolute atomic E-state index is 0.0162. The van der Waals surface area contributed by atoms with Gasteiger partial charge in [0.05, 0.1) is 0 Å². The van der Waals surface area contributed by atoms with Crippen LogP contribution >= 0.6 is 0 Å². The normalized spacial score (nSPS) is 34.8. The van der Waals surface area contributed by atoms with E-state index < -0.39 is 12.1 Å². The molecule has 1 aliphatic rings. The summed E-state index contributed by atoms with van der Waals surface area (Å²) >= 11 is 0. The van der Waals surface area contributed by atoms with Gasteiger partial charge < -0.3 is 5.32 Å². The molecule has 0 aromatic carbocycles. The summed E-state index contributed by atoms with van der Waals surface area (Å²) in [6, 6.07) is 0. The molecule has 0 aliphatic carbocycles. The zero-order valence-electron chi connectivity index (χ0n) is 5.54. The Balaban J connectivity index is 2.48. The maximum Gasteiger partial charge on any atom is 0.273 e. The van der Waals surface area contributed by atoms with Crippen LogP contribution in [0.1, 0.15) is 12.8 Å². The Labute approximate surface area is 57.6 Å². The van der Waals surface area contributed by atoms with E-state index in [0.717, 1.165) is 0 Å². The average Bonchev–Trinajstić information content (AvgIpc) is 1.89. The molecule has 4 heteroatoms. The van der Waals surface area contributed by atoms with Crippen LogP contribution in [0, 0.1) is 0 Å². The molecule has 1 rings (SSSR count). The Morgan fingerprint density at radius 3 is 2.40 bits per heavy atom. The highest BCUT2D eigenvalue weighted by molar-refractivity contribution is 4.87. The van der Waals surface area contributed by atoms with E-state index in [1.54, 1.807) is 0 Å². The van der Waals surface area contributed by atoms with E-state index in [2.05, 4.69) is 5.32 Å². The van der Waals surface area contributed by atoms with Crippen LogP contribution in [0.2, 0.25) is 0 Å². The van der Waals surface area contributed by atoms with Crippen LogP contribution in [0.3, 0.4) is 0 Å². The third-order valence-corrected chi connectivity index (χ3v) is 1.76. The van der Waals surface area contributed by atoms with Crippen LogP contribution in [0.15, 0.2) is 0 Å². The monoisotopic (exact) mass is 153 g/mol. The summed E-state index contributed by atoms with van der Waals surface area (Å²) in [6.07, 6.45) is -2.36. The summed E-state index contributed by atoms with van der Waals surface area (Å²) in [5.41, 5.74) is -2.27. The predicted octanol–water partition coefficient (Wildman–Crippen LogP) is 1.34. The number of hydrogen-bond donors (Lipinski definition) is 1. The predicted molar refractivity (Wildman–Crippen MR) is 31.9 cm³/mol.